The first-order valence-electron chi connectivity index (χ1n) is 8.72. The molecule has 0 aliphatic heterocycles. The zero-order valence-corrected chi connectivity index (χ0v) is 14.4. The lowest BCUT2D eigenvalue weighted by molar-refractivity contribution is 0.599. The summed E-state index contributed by atoms with van der Waals surface area (Å²) in [6, 6.07) is 16.4. The van der Waals surface area contributed by atoms with Crippen LogP contribution < -0.4 is 11.0 Å². The molecule has 4 rings (SSSR count). The Bertz CT molecular complexity index is 1210. The third-order valence-corrected chi connectivity index (χ3v) is 4.47. The average Bonchev–Trinajstić information content (AvgIpc) is 2.68. The number of para-hydroxylation sites is 1. The predicted octanol–water partition coefficient (Wildman–Crippen LogP) is 3.97. The summed E-state index contributed by atoms with van der Waals surface area (Å²) in [4.78, 5) is 30.6. The first kappa shape index (κ1) is 16.3. The van der Waals surface area contributed by atoms with Crippen LogP contribution in [0.2, 0.25) is 0 Å². The highest BCUT2D eigenvalue weighted by atomic mass is 16.3. The Labute approximate surface area is 149 Å². The van der Waals surface area contributed by atoms with Gasteiger partial charge in [-0.2, -0.15) is 4.98 Å². The van der Waals surface area contributed by atoms with Gasteiger partial charge >= 0.3 is 0 Å². The standard InChI is InChI=1S/C21H18N2O3/c1-2-3-13-23-19(14-9-5-4-6-10-14)22-20-17(21(23)25)18(24)15-11-7-8-12-16(15)26-20/h4-12H,2-3,13H2,1H3. The molecule has 0 N–H and O–H groups in total. The van der Waals surface area contributed by atoms with Crippen LogP contribution in [0.3, 0.4) is 0 Å². The molecule has 0 spiro atoms. The summed E-state index contributed by atoms with van der Waals surface area (Å²) in [7, 11) is 0. The topological polar surface area (TPSA) is 65.1 Å². The number of rotatable bonds is 4. The van der Waals surface area contributed by atoms with E-state index in [0.29, 0.717) is 23.3 Å². The van der Waals surface area contributed by atoms with E-state index in [1.54, 1.807) is 28.8 Å². The molecule has 4 aromatic rings. The van der Waals surface area contributed by atoms with E-state index in [-0.39, 0.29) is 22.1 Å². The van der Waals surface area contributed by atoms with Crippen molar-refractivity contribution in [2.24, 2.45) is 0 Å². The Morgan fingerprint density at radius 1 is 1.00 bits per heavy atom. The molecule has 0 atom stereocenters. The van der Waals surface area contributed by atoms with Crippen LogP contribution in [0.4, 0.5) is 0 Å². The van der Waals surface area contributed by atoms with Crippen LogP contribution in [0.15, 0.2) is 68.6 Å². The highest BCUT2D eigenvalue weighted by molar-refractivity contribution is 5.88. The monoisotopic (exact) mass is 346 g/mol. The molecule has 0 unspecified atom stereocenters. The summed E-state index contributed by atoms with van der Waals surface area (Å²) >= 11 is 0. The summed E-state index contributed by atoms with van der Waals surface area (Å²) < 4.78 is 7.40. The van der Waals surface area contributed by atoms with Crippen molar-refractivity contribution < 1.29 is 4.42 Å². The molecule has 0 fully saturated rings. The molecule has 5 nitrogen and oxygen atoms in total. The van der Waals surface area contributed by atoms with Crippen molar-refractivity contribution in [2.75, 3.05) is 0 Å². The normalized spacial score (nSPS) is 11.3. The highest BCUT2D eigenvalue weighted by Gasteiger charge is 2.18. The van der Waals surface area contributed by atoms with E-state index < -0.39 is 0 Å². The van der Waals surface area contributed by atoms with E-state index in [4.69, 9.17) is 4.42 Å². The van der Waals surface area contributed by atoms with Crippen molar-refractivity contribution in [1.29, 1.82) is 0 Å². The number of hydrogen-bond acceptors (Lipinski definition) is 4. The molecule has 0 aliphatic carbocycles. The van der Waals surface area contributed by atoms with Crippen molar-refractivity contribution in [3.05, 3.63) is 75.2 Å². The van der Waals surface area contributed by atoms with Gasteiger partial charge in [-0.1, -0.05) is 55.8 Å². The second-order valence-electron chi connectivity index (χ2n) is 6.22. The van der Waals surface area contributed by atoms with Crippen molar-refractivity contribution in [3.63, 3.8) is 0 Å². The Balaban J connectivity index is 2.12. The molecule has 0 aliphatic rings. The van der Waals surface area contributed by atoms with E-state index in [2.05, 4.69) is 11.9 Å². The molecule has 0 saturated carbocycles. The highest BCUT2D eigenvalue weighted by Crippen LogP contribution is 2.20. The molecule has 0 saturated heterocycles. The van der Waals surface area contributed by atoms with Crippen LogP contribution in [0.5, 0.6) is 0 Å². The second-order valence-corrected chi connectivity index (χ2v) is 6.22. The summed E-state index contributed by atoms with van der Waals surface area (Å²) in [5.41, 5.74) is 0.664. The maximum absolute atomic E-state index is 13.2. The second kappa shape index (κ2) is 6.59. The van der Waals surface area contributed by atoms with Crippen LogP contribution in [-0.2, 0) is 6.54 Å². The molecule has 0 bridgehead atoms. The van der Waals surface area contributed by atoms with Crippen LogP contribution in [0, 0.1) is 0 Å². The van der Waals surface area contributed by atoms with Crippen molar-refractivity contribution in [2.45, 2.75) is 26.3 Å². The van der Waals surface area contributed by atoms with Gasteiger partial charge in [0.2, 0.25) is 11.1 Å². The minimum Gasteiger partial charge on any atom is -0.437 e. The average molecular weight is 346 g/mol. The van der Waals surface area contributed by atoms with Gasteiger partial charge in [0.15, 0.2) is 5.39 Å². The Kier molecular flexibility index (Phi) is 4.13. The molecule has 2 aromatic heterocycles. The number of nitrogens with zero attached hydrogens (tertiary/aromatic N) is 2. The van der Waals surface area contributed by atoms with Gasteiger partial charge in [-0.15, -0.1) is 0 Å². The zero-order chi connectivity index (χ0) is 18.1. The fraction of sp³-hybridized carbons (Fsp3) is 0.190. The minimum atomic E-state index is -0.346. The third-order valence-electron chi connectivity index (χ3n) is 4.47. The van der Waals surface area contributed by atoms with Gasteiger partial charge in [0.25, 0.3) is 5.56 Å². The Morgan fingerprint density at radius 3 is 2.50 bits per heavy atom. The van der Waals surface area contributed by atoms with Crippen molar-refractivity contribution >= 4 is 22.1 Å². The minimum absolute atomic E-state index is 0.0134. The Morgan fingerprint density at radius 2 is 1.73 bits per heavy atom. The predicted molar refractivity (Wildman–Crippen MR) is 102 cm³/mol. The number of hydrogen-bond donors (Lipinski definition) is 0. The smallest absolute Gasteiger partial charge is 0.269 e. The van der Waals surface area contributed by atoms with Crippen LogP contribution in [0.1, 0.15) is 19.8 Å². The largest absolute Gasteiger partial charge is 0.437 e. The zero-order valence-electron chi connectivity index (χ0n) is 14.4. The van der Waals surface area contributed by atoms with Gasteiger partial charge in [-0.05, 0) is 18.6 Å². The fourth-order valence-electron chi connectivity index (χ4n) is 3.12. The first-order valence-corrected chi connectivity index (χ1v) is 8.72. The maximum Gasteiger partial charge on any atom is 0.269 e. The summed E-state index contributed by atoms with van der Waals surface area (Å²) in [6.45, 7) is 2.57. The van der Waals surface area contributed by atoms with E-state index in [1.165, 1.54) is 0 Å². The lowest BCUT2D eigenvalue weighted by atomic mass is 10.1. The summed E-state index contributed by atoms with van der Waals surface area (Å²) in [5.74, 6) is 0.523. The molecular weight excluding hydrogens is 328 g/mol. The van der Waals surface area contributed by atoms with E-state index >= 15 is 0 Å². The van der Waals surface area contributed by atoms with E-state index in [0.717, 1.165) is 18.4 Å². The number of benzene rings is 2. The van der Waals surface area contributed by atoms with Gasteiger partial charge in [-0.3, -0.25) is 14.2 Å². The quantitative estimate of drug-likeness (QED) is 0.525. The van der Waals surface area contributed by atoms with Crippen molar-refractivity contribution in [3.8, 4) is 11.4 Å². The van der Waals surface area contributed by atoms with Crippen LogP contribution in [0.25, 0.3) is 33.5 Å². The van der Waals surface area contributed by atoms with Crippen LogP contribution in [-0.4, -0.2) is 9.55 Å². The maximum atomic E-state index is 13.2. The van der Waals surface area contributed by atoms with Gasteiger partial charge in [-0.25, -0.2) is 0 Å². The Hall–Kier alpha value is -3.21. The first-order chi connectivity index (χ1) is 12.7. The SMILES string of the molecule is CCCCn1c(-c2ccccc2)nc2oc3ccccc3c(=O)c2c1=O. The number of unbranched alkanes of at least 4 members (excludes halogenated alkanes) is 1. The van der Waals surface area contributed by atoms with Gasteiger partial charge in [0.05, 0.1) is 5.39 Å². The molecular formula is C21H18N2O3. The molecule has 26 heavy (non-hydrogen) atoms. The fourth-order valence-corrected chi connectivity index (χ4v) is 3.12. The third kappa shape index (κ3) is 2.62. The van der Waals surface area contributed by atoms with Crippen molar-refractivity contribution in [1.82, 2.24) is 9.55 Å². The molecule has 5 heteroatoms. The number of fused-ring (bicyclic) bond motifs is 2. The van der Waals surface area contributed by atoms with Gasteiger partial charge < -0.3 is 4.42 Å². The van der Waals surface area contributed by atoms with Gasteiger partial charge in [0.1, 0.15) is 11.4 Å². The molecule has 0 radical (unpaired) electrons. The van der Waals surface area contributed by atoms with Gasteiger partial charge in [0, 0.05) is 12.1 Å². The molecule has 2 aromatic carbocycles. The van der Waals surface area contributed by atoms with Crippen LogP contribution >= 0.6 is 0 Å². The molecule has 0 amide bonds. The van der Waals surface area contributed by atoms with E-state index in [1.807, 2.05) is 30.3 Å². The molecule has 130 valence electrons. The van der Waals surface area contributed by atoms with E-state index in [9.17, 15) is 9.59 Å². The lowest BCUT2D eigenvalue weighted by Gasteiger charge is -2.13. The molecule has 2 heterocycles. The summed E-state index contributed by atoms with van der Waals surface area (Å²) in [5, 5.41) is 0.410. The summed E-state index contributed by atoms with van der Waals surface area (Å²) in [6.07, 6.45) is 1.76. The lowest BCUT2D eigenvalue weighted by Crippen LogP contribution is -2.27. The number of aromatic nitrogens is 2.